The van der Waals surface area contributed by atoms with Crippen molar-refractivity contribution in [1.82, 2.24) is 9.55 Å². The molecule has 1 N–H and O–H groups in total. The molecule has 3 rings (SSSR count). The number of rotatable bonds is 2. The van der Waals surface area contributed by atoms with Crippen molar-refractivity contribution in [2.75, 3.05) is 20.3 Å². The minimum Gasteiger partial charge on any atom is -0.497 e. The monoisotopic (exact) mass is 278 g/mol. The van der Waals surface area contributed by atoms with Gasteiger partial charge in [0.25, 0.3) is 0 Å². The second kappa shape index (κ2) is 4.65. The maximum absolute atomic E-state index is 5.51. The van der Waals surface area contributed by atoms with Gasteiger partial charge in [-0.3, -0.25) is 0 Å². The lowest BCUT2D eigenvalue weighted by Crippen LogP contribution is -2.36. The van der Waals surface area contributed by atoms with Crippen LogP contribution in [0.1, 0.15) is 19.8 Å². The molecule has 0 radical (unpaired) electrons. The highest BCUT2D eigenvalue weighted by Gasteiger charge is 2.31. The molecule has 0 amide bonds. The normalized spacial score (nSPS) is 18.6. The predicted octanol–water partition coefficient (Wildman–Crippen LogP) is 3.23. The molecule has 19 heavy (non-hydrogen) atoms. The zero-order valence-corrected chi connectivity index (χ0v) is 12.0. The first-order valence-electron chi connectivity index (χ1n) is 6.51. The van der Waals surface area contributed by atoms with Crippen LogP contribution in [-0.2, 0) is 10.3 Å². The number of fused-ring (bicyclic) bond motifs is 1. The minimum atomic E-state index is 0.0138. The Labute approximate surface area is 117 Å². The van der Waals surface area contributed by atoms with Crippen molar-refractivity contribution >= 4 is 23.3 Å². The Kier molecular flexibility index (Phi) is 3.11. The largest absolute Gasteiger partial charge is 0.497 e. The van der Waals surface area contributed by atoms with Gasteiger partial charge in [-0.15, -0.1) is 0 Å². The summed E-state index contributed by atoms with van der Waals surface area (Å²) < 4.78 is 13.8. The van der Waals surface area contributed by atoms with E-state index in [9.17, 15) is 0 Å². The highest BCUT2D eigenvalue weighted by molar-refractivity contribution is 7.71. The molecule has 2 aromatic rings. The van der Waals surface area contributed by atoms with E-state index < -0.39 is 0 Å². The molecule has 5 heteroatoms. The fourth-order valence-corrected chi connectivity index (χ4v) is 3.21. The minimum absolute atomic E-state index is 0.0138. The maximum atomic E-state index is 5.51. The van der Waals surface area contributed by atoms with Crippen LogP contribution in [0.3, 0.4) is 0 Å². The quantitative estimate of drug-likeness (QED) is 0.857. The molecule has 1 saturated heterocycles. The molecule has 0 saturated carbocycles. The Morgan fingerprint density at radius 1 is 1.37 bits per heavy atom. The third kappa shape index (κ3) is 2.07. The lowest BCUT2D eigenvalue weighted by Gasteiger charge is -2.35. The molecule has 0 aliphatic carbocycles. The molecule has 1 aliphatic rings. The van der Waals surface area contributed by atoms with E-state index in [1.54, 1.807) is 7.11 Å². The number of aromatic nitrogens is 2. The molecule has 1 aromatic heterocycles. The fourth-order valence-electron chi connectivity index (χ4n) is 2.78. The number of hydrogen-bond acceptors (Lipinski definition) is 3. The van der Waals surface area contributed by atoms with Crippen LogP contribution in [0.15, 0.2) is 18.2 Å². The van der Waals surface area contributed by atoms with Crippen molar-refractivity contribution in [3.63, 3.8) is 0 Å². The molecule has 2 heterocycles. The molecular weight excluding hydrogens is 260 g/mol. The van der Waals surface area contributed by atoms with Crippen molar-refractivity contribution in [3.05, 3.63) is 23.0 Å². The first-order chi connectivity index (χ1) is 9.14. The first-order valence-corrected chi connectivity index (χ1v) is 6.92. The summed E-state index contributed by atoms with van der Waals surface area (Å²) in [5.41, 5.74) is 2.17. The fraction of sp³-hybridized carbons (Fsp3) is 0.500. The molecule has 0 atom stereocenters. The smallest absolute Gasteiger partial charge is 0.178 e. The van der Waals surface area contributed by atoms with Crippen LogP contribution in [0.5, 0.6) is 5.75 Å². The van der Waals surface area contributed by atoms with Gasteiger partial charge in [0, 0.05) is 24.8 Å². The van der Waals surface area contributed by atoms with Crippen LogP contribution < -0.4 is 4.74 Å². The van der Waals surface area contributed by atoms with Crippen LogP contribution in [0.25, 0.3) is 11.0 Å². The summed E-state index contributed by atoms with van der Waals surface area (Å²) in [5.74, 6) is 0.853. The van der Waals surface area contributed by atoms with Crippen LogP contribution in [-0.4, -0.2) is 29.9 Å². The SMILES string of the molecule is COc1ccc2[nH]c(=S)n(C3(C)CCOCC3)c2c1. The van der Waals surface area contributed by atoms with Crippen LogP contribution >= 0.6 is 12.2 Å². The third-order valence-corrected chi connectivity index (χ3v) is 4.28. The highest BCUT2D eigenvalue weighted by Crippen LogP contribution is 2.33. The van der Waals surface area contributed by atoms with Crippen LogP contribution in [0, 0.1) is 4.77 Å². The average Bonchev–Trinajstić information content (AvgIpc) is 2.74. The van der Waals surface area contributed by atoms with Crippen LogP contribution in [0.4, 0.5) is 0 Å². The maximum Gasteiger partial charge on any atom is 0.178 e. The zero-order chi connectivity index (χ0) is 13.5. The highest BCUT2D eigenvalue weighted by atomic mass is 32.1. The number of nitrogens with zero attached hydrogens (tertiary/aromatic N) is 1. The van der Waals surface area contributed by atoms with Crippen molar-refractivity contribution < 1.29 is 9.47 Å². The van der Waals surface area contributed by atoms with E-state index in [4.69, 9.17) is 21.7 Å². The Balaban J connectivity index is 2.21. The molecule has 1 aliphatic heterocycles. The van der Waals surface area contributed by atoms with Gasteiger partial charge >= 0.3 is 0 Å². The van der Waals surface area contributed by atoms with Crippen LogP contribution in [0.2, 0.25) is 0 Å². The summed E-state index contributed by atoms with van der Waals surface area (Å²) in [6, 6.07) is 6.01. The number of aromatic amines is 1. The lowest BCUT2D eigenvalue weighted by molar-refractivity contribution is 0.0306. The van der Waals surface area contributed by atoms with Gasteiger partial charge in [0.15, 0.2) is 4.77 Å². The van der Waals surface area contributed by atoms with E-state index in [1.165, 1.54) is 0 Å². The number of ether oxygens (including phenoxy) is 2. The first kappa shape index (κ1) is 12.7. The predicted molar refractivity (Wildman–Crippen MR) is 77.4 cm³/mol. The number of H-pyrrole nitrogens is 1. The number of imidazole rings is 1. The summed E-state index contributed by atoms with van der Waals surface area (Å²) in [6.45, 7) is 3.82. The topological polar surface area (TPSA) is 39.2 Å². The summed E-state index contributed by atoms with van der Waals surface area (Å²) in [7, 11) is 1.68. The standard InChI is InChI=1S/C14H18N2O2S/c1-14(5-7-18-8-6-14)16-12-9-10(17-2)3-4-11(12)15-13(16)19/h3-4,9H,5-8H2,1-2H3,(H,15,19). The summed E-state index contributed by atoms with van der Waals surface area (Å²) in [4.78, 5) is 3.28. The molecule has 1 fully saturated rings. The summed E-state index contributed by atoms with van der Waals surface area (Å²) in [6.07, 6.45) is 1.96. The lowest BCUT2D eigenvalue weighted by atomic mass is 9.92. The second-order valence-electron chi connectivity index (χ2n) is 5.26. The number of nitrogens with one attached hydrogen (secondary N) is 1. The molecule has 0 spiro atoms. The molecular formula is C14H18N2O2S. The second-order valence-corrected chi connectivity index (χ2v) is 5.64. The van der Waals surface area contributed by atoms with E-state index in [-0.39, 0.29) is 5.54 Å². The third-order valence-electron chi connectivity index (χ3n) is 4.00. The average molecular weight is 278 g/mol. The Hall–Kier alpha value is -1.33. The number of hydrogen-bond donors (Lipinski definition) is 1. The van der Waals surface area contributed by atoms with Crippen molar-refractivity contribution in [1.29, 1.82) is 0 Å². The Bertz CT molecular complexity index is 653. The van der Waals surface area contributed by atoms with Gasteiger partial charge in [0.2, 0.25) is 0 Å². The van der Waals surface area contributed by atoms with E-state index in [0.717, 1.165) is 47.6 Å². The van der Waals surface area contributed by atoms with Gasteiger partial charge in [-0.25, -0.2) is 0 Å². The van der Waals surface area contributed by atoms with Gasteiger partial charge < -0.3 is 19.0 Å². The van der Waals surface area contributed by atoms with Crippen molar-refractivity contribution in [2.24, 2.45) is 0 Å². The molecule has 0 bridgehead atoms. The molecule has 102 valence electrons. The number of methoxy groups -OCH3 is 1. The van der Waals surface area contributed by atoms with Crippen molar-refractivity contribution in [3.8, 4) is 5.75 Å². The Morgan fingerprint density at radius 2 is 2.11 bits per heavy atom. The van der Waals surface area contributed by atoms with Gasteiger partial charge in [-0.1, -0.05) is 0 Å². The van der Waals surface area contributed by atoms with Crippen molar-refractivity contribution in [2.45, 2.75) is 25.3 Å². The molecule has 1 aromatic carbocycles. The van der Waals surface area contributed by atoms with Gasteiger partial charge in [-0.05, 0) is 44.1 Å². The van der Waals surface area contributed by atoms with Gasteiger partial charge in [0.05, 0.1) is 18.1 Å². The van der Waals surface area contributed by atoms with E-state index >= 15 is 0 Å². The number of benzene rings is 1. The Morgan fingerprint density at radius 3 is 2.79 bits per heavy atom. The van der Waals surface area contributed by atoms with Gasteiger partial charge in [0.1, 0.15) is 5.75 Å². The van der Waals surface area contributed by atoms with Gasteiger partial charge in [-0.2, -0.15) is 0 Å². The zero-order valence-electron chi connectivity index (χ0n) is 11.2. The van der Waals surface area contributed by atoms with E-state index in [0.29, 0.717) is 0 Å². The van der Waals surface area contributed by atoms with E-state index in [2.05, 4.69) is 16.5 Å². The summed E-state index contributed by atoms with van der Waals surface area (Å²) in [5, 5.41) is 0. The molecule has 0 unspecified atom stereocenters. The molecule has 4 nitrogen and oxygen atoms in total. The summed E-state index contributed by atoms with van der Waals surface area (Å²) >= 11 is 5.51. The van der Waals surface area contributed by atoms with E-state index in [1.807, 2.05) is 18.2 Å².